The Balaban J connectivity index is 1.42. The lowest BCUT2D eigenvalue weighted by Gasteiger charge is -2.36. The average Bonchev–Trinajstić information content (AvgIpc) is 3.33. The summed E-state index contributed by atoms with van der Waals surface area (Å²) in [5, 5.41) is 11.0. The minimum atomic E-state index is -3.62. The summed E-state index contributed by atoms with van der Waals surface area (Å²) >= 11 is 3.51. The third-order valence-electron chi connectivity index (χ3n) is 7.76. The zero-order valence-electron chi connectivity index (χ0n) is 24.7. The van der Waals surface area contributed by atoms with Crippen molar-refractivity contribution in [1.29, 1.82) is 0 Å². The van der Waals surface area contributed by atoms with E-state index in [4.69, 9.17) is 4.74 Å². The second-order valence-corrected chi connectivity index (χ2v) is 14.3. The number of methoxy groups -OCH3 is 1. The highest BCUT2D eigenvalue weighted by molar-refractivity contribution is 9.10. The number of anilines is 5. The molecule has 4 aromatic rings. The normalized spacial score (nSPS) is 14.6. The highest BCUT2D eigenvalue weighted by atomic mass is 79.9. The van der Waals surface area contributed by atoms with E-state index in [0.29, 0.717) is 33.7 Å². The predicted octanol–water partition coefficient (Wildman–Crippen LogP) is 5.33. The molecule has 0 aliphatic carbocycles. The lowest BCUT2D eigenvalue weighted by molar-refractivity contribution is 0.249. The van der Waals surface area contributed by atoms with Gasteiger partial charge in [-0.2, -0.15) is 10.1 Å². The summed E-state index contributed by atoms with van der Waals surface area (Å²) in [7, 11) is 4.09. The fourth-order valence-electron chi connectivity index (χ4n) is 5.15. The van der Waals surface area contributed by atoms with Crippen LogP contribution in [-0.4, -0.2) is 78.7 Å². The first-order valence-electron chi connectivity index (χ1n) is 13.8. The zero-order chi connectivity index (χ0) is 30.2. The number of piperidine rings is 1. The highest BCUT2D eigenvalue weighted by Gasteiger charge is 2.25. The Morgan fingerprint density at radius 2 is 1.81 bits per heavy atom. The van der Waals surface area contributed by atoms with Gasteiger partial charge >= 0.3 is 0 Å². The van der Waals surface area contributed by atoms with Crippen molar-refractivity contribution in [2.45, 2.75) is 42.9 Å². The molecule has 42 heavy (non-hydrogen) atoms. The molecule has 0 saturated carbocycles. The van der Waals surface area contributed by atoms with Gasteiger partial charge in [0.25, 0.3) is 0 Å². The highest BCUT2D eigenvalue weighted by Crippen LogP contribution is 2.36. The molecule has 0 amide bonds. The number of nitrogens with one attached hydrogen (secondary N) is 2. The minimum absolute atomic E-state index is 0.181. The molecule has 1 fully saturated rings. The summed E-state index contributed by atoms with van der Waals surface area (Å²) in [6.45, 7) is 5.31. The second kappa shape index (κ2) is 12.1. The maximum absolute atomic E-state index is 13.3. The number of aromatic nitrogens is 4. The van der Waals surface area contributed by atoms with Gasteiger partial charge in [0.1, 0.15) is 11.6 Å². The van der Waals surface area contributed by atoms with Crippen molar-refractivity contribution in [3.8, 4) is 5.75 Å². The van der Waals surface area contributed by atoms with Crippen LogP contribution in [-0.2, 0) is 16.9 Å². The molecular formula is C29H37BrN8O3S. The summed E-state index contributed by atoms with van der Waals surface area (Å²) < 4.78 is 34.6. The Morgan fingerprint density at radius 3 is 2.48 bits per heavy atom. The van der Waals surface area contributed by atoms with Gasteiger partial charge in [0.15, 0.2) is 9.84 Å². The predicted molar refractivity (Wildman–Crippen MR) is 171 cm³/mol. The SMILES string of the molecule is COc1cc(N2CCC(N(C)C)CC2)ccc1Nc1ncc(Br)c(Nc2cc3cnn(C)c3cc2S(=O)(=O)C(C)C)n1. The van der Waals surface area contributed by atoms with Crippen molar-refractivity contribution >= 4 is 65.5 Å². The lowest BCUT2D eigenvalue weighted by Crippen LogP contribution is -2.41. The van der Waals surface area contributed by atoms with E-state index >= 15 is 0 Å². The third-order valence-corrected chi connectivity index (χ3v) is 10.5. The Morgan fingerprint density at radius 1 is 1.07 bits per heavy atom. The van der Waals surface area contributed by atoms with E-state index in [0.717, 1.165) is 48.2 Å². The minimum Gasteiger partial charge on any atom is -0.494 e. The number of ether oxygens (including phenoxy) is 1. The molecule has 13 heteroatoms. The number of aryl methyl sites for hydroxylation is 1. The van der Waals surface area contributed by atoms with Gasteiger partial charge in [-0.15, -0.1) is 0 Å². The van der Waals surface area contributed by atoms with Crippen LogP contribution in [0.2, 0.25) is 0 Å². The number of hydrogen-bond acceptors (Lipinski definition) is 10. The van der Waals surface area contributed by atoms with Crippen molar-refractivity contribution in [3.05, 3.63) is 47.2 Å². The smallest absolute Gasteiger partial charge is 0.229 e. The largest absolute Gasteiger partial charge is 0.494 e. The molecule has 5 rings (SSSR count). The van der Waals surface area contributed by atoms with E-state index in [1.807, 2.05) is 12.1 Å². The first-order chi connectivity index (χ1) is 20.0. The maximum atomic E-state index is 13.3. The van der Waals surface area contributed by atoms with Crippen LogP contribution in [0.1, 0.15) is 26.7 Å². The van der Waals surface area contributed by atoms with Gasteiger partial charge in [-0.3, -0.25) is 4.68 Å². The Hall–Kier alpha value is -3.42. The average molecular weight is 658 g/mol. The van der Waals surface area contributed by atoms with Crippen LogP contribution in [0.4, 0.5) is 28.8 Å². The van der Waals surface area contributed by atoms with Gasteiger partial charge in [0.2, 0.25) is 5.95 Å². The van der Waals surface area contributed by atoms with Crippen molar-refractivity contribution in [3.63, 3.8) is 0 Å². The zero-order valence-corrected chi connectivity index (χ0v) is 27.1. The van der Waals surface area contributed by atoms with Crippen molar-refractivity contribution in [2.24, 2.45) is 7.05 Å². The molecule has 0 bridgehead atoms. The van der Waals surface area contributed by atoms with E-state index in [9.17, 15) is 8.42 Å². The molecule has 0 atom stereocenters. The summed E-state index contributed by atoms with van der Waals surface area (Å²) in [6.07, 6.45) is 5.55. The monoisotopic (exact) mass is 656 g/mol. The van der Waals surface area contributed by atoms with E-state index in [-0.39, 0.29) is 4.90 Å². The van der Waals surface area contributed by atoms with E-state index in [1.165, 1.54) is 0 Å². The third kappa shape index (κ3) is 6.04. The van der Waals surface area contributed by atoms with Crippen molar-refractivity contribution in [2.75, 3.05) is 49.8 Å². The molecular weight excluding hydrogens is 620 g/mol. The van der Waals surface area contributed by atoms with Crippen LogP contribution < -0.4 is 20.3 Å². The number of sulfone groups is 1. The standard InChI is InChI=1S/C29H37BrN8O3S/c1-18(2)42(39,40)27-15-25-19(16-32-37(25)5)13-24(27)33-28-22(30)17-31-29(35-28)34-23-8-7-21(14-26(23)41-6)38-11-9-20(10-12-38)36(3)4/h7-8,13-18,20H,9-12H2,1-6H3,(H2,31,33,34,35). The van der Waals surface area contributed by atoms with Gasteiger partial charge in [0, 0.05) is 49.5 Å². The Bertz CT molecular complexity index is 1700. The number of benzene rings is 2. The molecule has 0 spiro atoms. The molecule has 11 nitrogen and oxygen atoms in total. The molecule has 2 N–H and O–H groups in total. The molecule has 2 aromatic carbocycles. The van der Waals surface area contributed by atoms with Gasteiger partial charge in [-0.1, -0.05) is 0 Å². The number of nitrogens with zero attached hydrogens (tertiary/aromatic N) is 6. The summed E-state index contributed by atoms with van der Waals surface area (Å²) in [6, 6.07) is 10.1. The Kier molecular flexibility index (Phi) is 8.63. The van der Waals surface area contributed by atoms with Crippen molar-refractivity contribution in [1.82, 2.24) is 24.6 Å². The molecule has 3 heterocycles. The number of rotatable bonds is 9. The van der Waals surface area contributed by atoms with Crippen molar-refractivity contribution < 1.29 is 13.2 Å². The molecule has 2 aromatic heterocycles. The summed E-state index contributed by atoms with van der Waals surface area (Å²) in [4.78, 5) is 14.0. The topological polar surface area (TPSA) is 118 Å². The van der Waals surface area contributed by atoms with E-state index in [1.54, 1.807) is 57.2 Å². The van der Waals surface area contributed by atoms with Crippen LogP contribution >= 0.6 is 15.9 Å². The molecule has 0 unspecified atom stereocenters. The van der Waals surface area contributed by atoms with Gasteiger partial charge in [0.05, 0.1) is 44.8 Å². The summed E-state index contributed by atoms with van der Waals surface area (Å²) in [5.74, 6) is 1.42. The quantitative estimate of drug-likeness (QED) is 0.245. The second-order valence-electron chi connectivity index (χ2n) is 11.0. The number of fused-ring (bicyclic) bond motifs is 1. The number of halogens is 1. The van der Waals surface area contributed by atoms with E-state index in [2.05, 4.69) is 71.6 Å². The van der Waals surface area contributed by atoms with Crippen LogP contribution in [0.25, 0.3) is 10.9 Å². The molecule has 224 valence electrons. The summed E-state index contributed by atoms with van der Waals surface area (Å²) in [5.41, 5.74) is 2.96. The van der Waals surface area contributed by atoms with E-state index < -0.39 is 15.1 Å². The van der Waals surface area contributed by atoms with Crippen LogP contribution in [0.15, 0.2) is 52.1 Å². The van der Waals surface area contributed by atoms with Gasteiger partial charge in [-0.05, 0) is 81.0 Å². The lowest BCUT2D eigenvalue weighted by atomic mass is 10.0. The van der Waals surface area contributed by atoms with Crippen LogP contribution in [0.3, 0.4) is 0 Å². The molecule has 0 radical (unpaired) electrons. The fourth-order valence-corrected chi connectivity index (χ4v) is 6.64. The number of hydrogen-bond donors (Lipinski definition) is 2. The molecule has 1 aliphatic rings. The first-order valence-corrected chi connectivity index (χ1v) is 16.2. The first kappa shape index (κ1) is 30.1. The fraction of sp³-hybridized carbons (Fsp3) is 0.414. The molecule has 1 aliphatic heterocycles. The van der Waals surface area contributed by atoms with Crippen LogP contribution in [0, 0.1) is 0 Å². The maximum Gasteiger partial charge on any atom is 0.229 e. The molecule has 1 saturated heterocycles. The van der Waals surface area contributed by atoms with Gasteiger partial charge in [-0.25, -0.2) is 13.4 Å². The van der Waals surface area contributed by atoms with Gasteiger partial charge < -0.3 is 25.2 Å². The van der Waals surface area contributed by atoms with Crippen LogP contribution in [0.5, 0.6) is 5.75 Å². The Labute approximate surface area is 255 Å².